The van der Waals surface area contributed by atoms with Gasteiger partial charge in [-0.1, -0.05) is 121 Å². The Hall–Kier alpha value is -4.38. The summed E-state index contributed by atoms with van der Waals surface area (Å²) in [5.41, 5.74) is 4.31. The van der Waals surface area contributed by atoms with Gasteiger partial charge in [0.1, 0.15) is 0 Å². The van der Waals surface area contributed by atoms with Crippen LogP contribution in [0.2, 0.25) is 0 Å². The maximum absolute atomic E-state index is 11.3. The number of hydrogen-bond acceptors (Lipinski definition) is 6. The number of carbonyl (C=O) groups is 2. The van der Waals surface area contributed by atoms with Crippen LogP contribution in [0.1, 0.15) is 35.1 Å². The van der Waals surface area contributed by atoms with E-state index >= 15 is 0 Å². The molecule has 4 rings (SSSR count). The minimum atomic E-state index is -2.11. The maximum Gasteiger partial charge on any atom is 0.154 e. The van der Waals surface area contributed by atoms with Crippen molar-refractivity contribution in [3.63, 3.8) is 0 Å². The predicted octanol–water partition coefficient (Wildman–Crippen LogP) is -1.23. The van der Waals surface area contributed by atoms with E-state index in [0.717, 1.165) is 13.1 Å². The Balaban J connectivity index is 0.000000337. The Labute approximate surface area is 239 Å². The van der Waals surface area contributed by atoms with Crippen molar-refractivity contribution in [3.8, 4) is 0 Å². The zero-order chi connectivity index (χ0) is 29.4. The van der Waals surface area contributed by atoms with Crippen LogP contribution in [0.3, 0.4) is 0 Å². The number of carboxylic acid groups (broad SMARTS) is 2. The van der Waals surface area contributed by atoms with Gasteiger partial charge in [0.05, 0.1) is 25.0 Å². The lowest BCUT2D eigenvalue weighted by molar-refractivity contribution is -0.384. The highest BCUT2D eigenvalue weighted by Crippen LogP contribution is 2.29. The number of aliphatic hydroxyl groups is 2. The van der Waals surface area contributed by atoms with Gasteiger partial charge in [0, 0.05) is 12.8 Å². The van der Waals surface area contributed by atoms with Crippen LogP contribution in [0.5, 0.6) is 0 Å². The topological polar surface area (TPSA) is 208 Å². The van der Waals surface area contributed by atoms with Crippen molar-refractivity contribution in [2.45, 2.75) is 24.0 Å². The minimum Gasteiger partial charge on any atom is -0.546 e. The largest absolute Gasteiger partial charge is 0.546 e. The summed E-state index contributed by atoms with van der Waals surface area (Å²) < 4.78 is 0. The lowest BCUT2D eigenvalue weighted by Crippen LogP contribution is -2.53. The van der Waals surface area contributed by atoms with Crippen molar-refractivity contribution in [2.75, 3.05) is 13.1 Å². The molecule has 0 spiro atoms. The fourth-order valence-corrected chi connectivity index (χ4v) is 3.88. The van der Waals surface area contributed by atoms with E-state index in [0.29, 0.717) is 0 Å². The summed E-state index contributed by atoms with van der Waals surface area (Å²) >= 11 is 0. The normalized spacial score (nSPS) is 10.5. The molecule has 0 saturated carbocycles. The van der Waals surface area contributed by atoms with Crippen molar-refractivity contribution in [1.82, 2.24) is 0 Å². The molecule has 0 aliphatic carbocycles. The Morgan fingerprint density at radius 3 is 0.854 bits per heavy atom. The number of hydrogen-bond donors (Lipinski definition) is 4. The molecule has 0 unspecified atom stereocenters. The second-order valence-electron chi connectivity index (χ2n) is 8.87. The average Bonchev–Trinajstić information content (AvgIpc) is 3.01. The third-order valence-corrected chi connectivity index (χ3v) is 6.11. The Morgan fingerprint density at radius 1 is 0.512 bits per heavy atom. The van der Waals surface area contributed by atoms with Gasteiger partial charge in [-0.15, -0.1) is 0 Å². The second kappa shape index (κ2) is 17.3. The van der Waals surface area contributed by atoms with E-state index < -0.39 is 23.1 Å². The number of unbranched alkanes of at least 4 members (excludes halogenated alkanes) is 1. The molecular weight excluding hydrogens is 524 g/mol. The van der Waals surface area contributed by atoms with Gasteiger partial charge in [0.15, 0.2) is 11.2 Å². The van der Waals surface area contributed by atoms with Crippen LogP contribution in [0, 0.1) is 0 Å². The van der Waals surface area contributed by atoms with Gasteiger partial charge in [-0.3, -0.25) is 0 Å². The lowest BCUT2D eigenvalue weighted by atomic mass is 9.86. The number of carboxylic acids is 2. The smallest absolute Gasteiger partial charge is 0.154 e. The minimum absolute atomic E-state index is 0. The standard InChI is InChI=1S/2C14H12O3.C4H12N2.H2O/c2*15-13(16)14(17,11-7-3-1-4-8-11)12-9-5-2-6-10-12;5-3-1-2-4-6;/h2*1-10,17H,(H,15,16);1-6H2;1H2. The number of rotatable bonds is 9. The molecule has 0 heterocycles. The Bertz CT molecular complexity index is 1110. The molecule has 218 valence electrons. The van der Waals surface area contributed by atoms with Crippen molar-refractivity contribution in [2.24, 2.45) is 0 Å². The summed E-state index contributed by atoms with van der Waals surface area (Å²) in [6, 6.07) is 32.9. The molecule has 4 aromatic carbocycles. The fraction of sp³-hybridized carbons (Fsp3) is 0.188. The van der Waals surface area contributed by atoms with E-state index in [1.54, 1.807) is 121 Å². The van der Waals surface area contributed by atoms with E-state index in [1.165, 1.54) is 12.8 Å². The third-order valence-electron chi connectivity index (χ3n) is 6.11. The lowest BCUT2D eigenvalue weighted by Gasteiger charge is -2.30. The van der Waals surface area contributed by atoms with Crippen LogP contribution >= 0.6 is 0 Å². The van der Waals surface area contributed by atoms with Gasteiger partial charge in [-0.2, -0.15) is 0 Å². The average molecular weight is 563 g/mol. The first-order valence-electron chi connectivity index (χ1n) is 12.9. The van der Waals surface area contributed by atoms with Gasteiger partial charge in [0.25, 0.3) is 0 Å². The monoisotopic (exact) mass is 562 g/mol. The summed E-state index contributed by atoms with van der Waals surface area (Å²) in [7, 11) is 0. The first-order valence-corrected chi connectivity index (χ1v) is 12.9. The van der Waals surface area contributed by atoms with Crippen LogP contribution in [-0.4, -0.2) is 40.7 Å². The molecule has 0 aliphatic rings. The highest BCUT2D eigenvalue weighted by Gasteiger charge is 2.33. The van der Waals surface area contributed by atoms with Crippen LogP contribution in [0.4, 0.5) is 0 Å². The maximum atomic E-state index is 11.3. The van der Waals surface area contributed by atoms with E-state index in [4.69, 9.17) is 0 Å². The predicted molar refractivity (Wildman–Crippen MR) is 150 cm³/mol. The molecule has 0 aromatic heterocycles. The third kappa shape index (κ3) is 9.07. The van der Waals surface area contributed by atoms with Crippen molar-refractivity contribution in [1.29, 1.82) is 0 Å². The molecule has 0 atom stereocenters. The van der Waals surface area contributed by atoms with E-state index in [2.05, 4.69) is 11.5 Å². The van der Waals surface area contributed by atoms with Crippen LogP contribution in [-0.2, 0) is 20.8 Å². The molecular formula is C32H38N2O7. The van der Waals surface area contributed by atoms with Gasteiger partial charge < -0.3 is 47.0 Å². The summed E-state index contributed by atoms with van der Waals surface area (Å²) in [6.07, 6.45) is 2.48. The molecule has 9 nitrogen and oxygen atoms in total. The van der Waals surface area contributed by atoms with Crippen molar-refractivity contribution < 1.29 is 47.0 Å². The molecule has 0 bridgehead atoms. The molecule has 0 amide bonds. The Morgan fingerprint density at radius 2 is 0.707 bits per heavy atom. The van der Waals surface area contributed by atoms with E-state index in [1.807, 2.05) is 0 Å². The van der Waals surface area contributed by atoms with Crippen LogP contribution in [0.15, 0.2) is 121 Å². The SMILES string of the molecule is O.O=C([O-])C(O)(c1ccccc1)c1ccccc1.O=C([O-])C(O)(c1ccccc1)c1ccccc1.[NH3+]CCCC[NH3+]. The zero-order valence-corrected chi connectivity index (χ0v) is 22.8. The number of carbonyl (C=O) groups excluding carboxylic acids is 2. The van der Waals surface area contributed by atoms with Crippen molar-refractivity contribution in [3.05, 3.63) is 144 Å². The molecule has 41 heavy (non-hydrogen) atoms. The second-order valence-corrected chi connectivity index (χ2v) is 8.87. The van der Waals surface area contributed by atoms with Gasteiger partial charge in [-0.25, -0.2) is 0 Å². The molecule has 0 radical (unpaired) electrons. The first kappa shape index (κ1) is 34.6. The first-order chi connectivity index (χ1) is 19.2. The zero-order valence-electron chi connectivity index (χ0n) is 22.8. The quantitative estimate of drug-likeness (QED) is 0.184. The molecule has 0 aliphatic heterocycles. The number of aliphatic carboxylic acids is 2. The van der Waals surface area contributed by atoms with E-state index in [9.17, 15) is 30.0 Å². The molecule has 0 saturated heterocycles. The van der Waals surface area contributed by atoms with Crippen LogP contribution in [0.25, 0.3) is 0 Å². The number of quaternary nitrogens is 2. The highest BCUT2D eigenvalue weighted by molar-refractivity contribution is 5.82. The summed E-state index contributed by atoms with van der Waals surface area (Å²) in [4.78, 5) is 22.5. The van der Waals surface area contributed by atoms with E-state index in [-0.39, 0.29) is 27.7 Å². The molecule has 0 fully saturated rings. The fourth-order valence-electron chi connectivity index (χ4n) is 3.88. The van der Waals surface area contributed by atoms with Crippen molar-refractivity contribution >= 4 is 11.9 Å². The number of benzene rings is 4. The molecule has 9 heteroatoms. The van der Waals surface area contributed by atoms with Crippen LogP contribution < -0.4 is 21.7 Å². The van der Waals surface area contributed by atoms with Gasteiger partial charge >= 0.3 is 0 Å². The summed E-state index contributed by atoms with van der Waals surface area (Å²) in [6.45, 7) is 2.13. The molecule has 10 N–H and O–H groups in total. The van der Waals surface area contributed by atoms with Gasteiger partial charge in [-0.05, 0) is 22.3 Å². The Kier molecular flexibility index (Phi) is 14.7. The summed E-state index contributed by atoms with van der Waals surface area (Å²) in [5, 5.41) is 43.3. The summed E-state index contributed by atoms with van der Waals surface area (Å²) in [5.74, 6) is -3.06. The molecule has 4 aromatic rings. The van der Waals surface area contributed by atoms with Gasteiger partial charge in [0.2, 0.25) is 0 Å². The highest BCUT2D eigenvalue weighted by atomic mass is 16.4.